The van der Waals surface area contributed by atoms with Crippen LogP contribution >= 0.6 is 11.5 Å². The molecule has 2 aromatic heterocycles. The van der Waals surface area contributed by atoms with E-state index in [0.717, 1.165) is 37.2 Å². The zero-order valence-electron chi connectivity index (χ0n) is 14.0. The molecule has 130 valence electrons. The standard InChI is InChI=1S/C16H22N4O3S/c1-3-4-8-20-14(21)12-11(17-16(20)23)13(24-18-12)15(22)19-7-5-6-10(2)9-19/h10H,3-9H2,1-2H3,(H,17,23). The number of amides is 1. The molecule has 0 saturated carbocycles. The molecule has 24 heavy (non-hydrogen) atoms. The van der Waals surface area contributed by atoms with Gasteiger partial charge in [-0.25, -0.2) is 4.79 Å². The van der Waals surface area contributed by atoms with E-state index in [2.05, 4.69) is 16.3 Å². The molecule has 1 unspecified atom stereocenters. The first-order chi connectivity index (χ1) is 11.5. The van der Waals surface area contributed by atoms with Crippen LogP contribution in [0.3, 0.4) is 0 Å². The van der Waals surface area contributed by atoms with E-state index in [0.29, 0.717) is 30.4 Å². The summed E-state index contributed by atoms with van der Waals surface area (Å²) in [5.74, 6) is 0.322. The van der Waals surface area contributed by atoms with Crippen LogP contribution in [0.4, 0.5) is 0 Å². The largest absolute Gasteiger partial charge is 0.338 e. The van der Waals surface area contributed by atoms with Crippen LogP contribution in [0.5, 0.6) is 0 Å². The van der Waals surface area contributed by atoms with Crippen molar-refractivity contribution in [2.45, 2.75) is 46.1 Å². The third-order valence-electron chi connectivity index (χ3n) is 4.49. The van der Waals surface area contributed by atoms with E-state index in [-0.39, 0.29) is 16.9 Å². The Labute approximate surface area is 143 Å². The number of likely N-dealkylation sites (tertiary alicyclic amines) is 1. The fourth-order valence-electron chi connectivity index (χ4n) is 3.13. The molecule has 1 N–H and O–H groups in total. The van der Waals surface area contributed by atoms with E-state index in [9.17, 15) is 14.4 Å². The van der Waals surface area contributed by atoms with Gasteiger partial charge in [-0.15, -0.1) is 0 Å². The first-order valence-electron chi connectivity index (χ1n) is 8.44. The second-order valence-electron chi connectivity index (χ2n) is 6.47. The predicted octanol–water partition coefficient (Wildman–Crippen LogP) is 1.82. The summed E-state index contributed by atoms with van der Waals surface area (Å²) in [6.07, 6.45) is 3.73. The molecule has 0 aliphatic carbocycles. The molecule has 0 spiro atoms. The predicted molar refractivity (Wildman–Crippen MR) is 93.7 cm³/mol. The van der Waals surface area contributed by atoms with Gasteiger partial charge < -0.3 is 9.88 Å². The van der Waals surface area contributed by atoms with Crippen molar-refractivity contribution in [1.82, 2.24) is 18.8 Å². The summed E-state index contributed by atoms with van der Waals surface area (Å²) < 4.78 is 5.32. The van der Waals surface area contributed by atoms with Crippen LogP contribution < -0.4 is 11.2 Å². The van der Waals surface area contributed by atoms with Crippen LogP contribution in [-0.4, -0.2) is 37.8 Å². The Kier molecular flexibility index (Phi) is 4.84. The number of hydrogen-bond acceptors (Lipinski definition) is 5. The maximum Gasteiger partial charge on any atom is 0.328 e. The molecule has 0 radical (unpaired) electrons. The summed E-state index contributed by atoms with van der Waals surface area (Å²) in [5.41, 5.74) is -0.415. The maximum absolute atomic E-state index is 12.8. The third kappa shape index (κ3) is 3.02. The molecule has 2 aromatic rings. The first-order valence-corrected chi connectivity index (χ1v) is 9.22. The molecule has 3 rings (SSSR count). The normalized spacial score (nSPS) is 18.2. The Morgan fingerprint density at radius 2 is 2.21 bits per heavy atom. The molecule has 1 amide bonds. The Hall–Kier alpha value is -1.96. The fourth-order valence-corrected chi connectivity index (χ4v) is 3.93. The lowest BCUT2D eigenvalue weighted by atomic mass is 10.0. The Bertz CT molecular complexity index is 866. The molecule has 0 bridgehead atoms. The number of carbonyl (C=O) groups excluding carboxylic acids is 1. The van der Waals surface area contributed by atoms with Crippen LogP contribution in [0, 0.1) is 5.92 Å². The molecule has 1 fully saturated rings. The van der Waals surface area contributed by atoms with Gasteiger partial charge in [0.2, 0.25) is 0 Å². The number of H-pyrrole nitrogens is 1. The zero-order chi connectivity index (χ0) is 17.3. The SMILES string of the molecule is CCCCn1c(=O)[nH]c2c(C(=O)N3CCCC(C)C3)snc2c1=O. The van der Waals surface area contributed by atoms with Gasteiger partial charge in [0.1, 0.15) is 4.88 Å². The van der Waals surface area contributed by atoms with Crippen LogP contribution in [0.2, 0.25) is 0 Å². The van der Waals surface area contributed by atoms with Crippen LogP contribution in [0.15, 0.2) is 9.59 Å². The summed E-state index contributed by atoms with van der Waals surface area (Å²) in [6.45, 7) is 5.90. The van der Waals surface area contributed by atoms with Crippen molar-refractivity contribution in [2.75, 3.05) is 13.1 Å². The number of aromatic nitrogens is 3. The van der Waals surface area contributed by atoms with Crippen LogP contribution in [0.25, 0.3) is 11.0 Å². The number of nitrogens with zero attached hydrogens (tertiary/aromatic N) is 3. The summed E-state index contributed by atoms with van der Waals surface area (Å²) in [7, 11) is 0. The summed E-state index contributed by atoms with van der Waals surface area (Å²) >= 11 is 0.997. The zero-order valence-corrected chi connectivity index (χ0v) is 14.8. The summed E-state index contributed by atoms with van der Waals surface area (Å²) in [4.78, 5) is 42.3. The Morgan fingerprint density at radius 1 is 1.42 bits per heavy atom. The lowest BCUT2D eigenvalue weighted by molar-refractivity contribution is 0.0689. The van der Waals surface area contributed by atoms with E-state index in [1.54, 1.807) is 4.90 Å². The third-order valence-corrected chi connectivity index (χ3v) is 5.33. The molecular formula is C16H22N4O3S. The van der Waals surface area contributed by atoms with Gasteiger partial charge in [0.15, 0.2) is 5.52 Å². The monoisotopic (exact) mass is 350 g/mol. The second kappa shape index (κ2) is 6.88. The number of piperidine rings is 1. The average Bonchev–Trinajstić information content (AvgIpc) is 2.98. The molecule has 3 heterocycles. The molecule has 7 nitrogen and oxygen atoms in total. The highest BCUT2D eigenvalue weighted by molar-refractivity contribution is 7.09. The average molecular weight is 350 g/mol. The van der Waals surface area contributed by atoms with Crippen molar-refractivity contribution in [3.05, 3.63) is 25.7 Å². The minimum atomic E-state index is -0.470. The number of rotatable bonds is 4. The molecule has 1 atom stereocenters. The van der Waals surface area contributed by atoms with Crippen molar-refractivity contribution in [3.63, 3.8) is 0 Å². The first kappa shape index (κ1) is 16.9. The van der Waals surface area contributed by atoms with Crippen molar-refractivity contribution in [2.24, 2.45) is 5.92 Å². The van der Waals surface area contributed by atoms with Crippen molar-refractivity contribution in [3.8, 4) is 0 Å². The van der Waals surface area contributed by atoms with Crippen molar-refractivity contribution < 1.29 is 4.79 Å². The topological polar surface area (TPSA) is 88.1 Å². The van der Waals surface area contributed by atoms with Crippen LogP contribution in [0.1, 0.15) is 49.2 Å². The maximum atomic E-state index is 12.8. The Morgan fingerprint density at radius 3 is 2.92 bits per heavy atom. The van der Waals surface area contributed by atoms with Crippen LogP contribution in [-0.2, 0) is 6.54 Å². The fraction of sp³-hybridized carbons (Fsp3) is 0.625. The van der Waals surface area contributed by atoms with Gasteiger partial charge >= 0.3 is 5.69 Å². The highest BCUT2D eigenvalue weighted by atomic mass is 32.1. The van der Waals surface area contributed by atoms with Gasteiger partial charge in [-0.05, 0) is 36.7 Å². The number of fused-ring (bicyclic) bond motifs is 1. The molecule has 1 aliphatic rings. The second-order valence-corrected chi connectivity index (χ2v) is 7.25. The number of hydrogen-bond donors (Lipinski definition) is 1. The number of unbranched alkanes of at least 4 members (excludes halogenated alkanes) is 1. The van der Waals surface area contributed by atoms with Gasteiger partial charge in [0, 0.05) is 19.6 Å². The van der Waals surface area contributed by atoms with Crippen molar-refractivity contribution in [1.29, 1.82) is 0 Å². The smallest absolute Gasteiger partial charge is 0.328 e. The lowest BCUT2D eigenvalue weighted by Crippen LogP contribution is -2.39. The van der Waals surface area contributed by atoms with Gasteiger partial charge in [-0.1, -0.05) is 20.3 Å². The highest BCUT2D eigenvalue weighted by Crippen LogP contribution is 2.23. The van der Waals surface area contributed by atoms with E-state index < -0.39 is 11.2 Å². The summed E-state index contributed by atoms with van der Waals surface area (Å²) in [6, 6.07) is 0. The molecule has 0 aromatic carbocycles. The van der Waals surface area contributed by atoms with Gasteiger partial charge in [0.05, 0.1) is 5.52 Å². The van der Waals surface area contributed by atoms with Crippen molar-refractivity contribution >= 4 is 28.5 Å². The van der Waals surface area contributed by atoms with E-state index in [1.165, 1.54) is 4.57 Å². The molecule has 1 aliphatic heterocycles. The lowest BCUT2D eigenvalue weighted by Gasteiger charge is -2.30. The molecule has 1 saturated heterocycles. The van der Waals surface area contributed by atoms with Gasteiger partial charge in [-0.3, -0.25) is 14.2 Å². The number of nitrogens with one attached hydrogen (secondary N) is 1. The summed E-state index contributed by atoms with van der Waals surface area (Å²) in [5, 5.41) is 0. The Balaban J connectivity index is 2.00. The number of carbonyl (C=O) groups is 1. The van der Waals surface area contributed by atoms with Gasteiger partial charge in [-0.2, -0.15) is 4.37 Å². The highest BCUT2D eigenvalue weighted by Gasteiger charge is 2.26. The minimum absolute atomic E-state index is 0.143. The molecular weight excluding hydrogens is 328 g/mol. The quantitative estimate of drug-likeness (QED) is 0.911. The van der Waals surface area contributed by atoms with E-state index in [4.69, 9.17) is 0 Å². The van der Waals surface area contributed by atoms with Gasteiger partial charge in [0.25, 0.3) is 11.5 Å². The minimum Gasteiger partial charge on any atom is -0.338 e. The molecule has 8 heteroatoms. The van der Waals surface area contributed by atoms with E-state index >= 15 is 0 Å². The van der Waals surface area contributed by atoms with E-state index in [1.807, 2.05) is 6.92 Å². The number of aromatic amines is 1.